The summed E-state index contributed by atoms with van der Waals surface area (Å²) < 4.78 is 11.1. The summed E-state index contributed by atoms with van der Waals surface area (Å²) >= 11 is 14.0. The first-order valence-corrected chi connectivity index (χ1v) is 15.6. The van der Waals surface area contributed by atoms with Crippen molar-refractivity contribution < 1.29 is 19.4 Å². The summed E-state index contributed by atoms with van der Waals surface area (Å²) in [5, 5.41) is 16.4. The maximum atomic E-state index is 11.5. The molecule has 0 bridgehead atoms. The topological polar surface area (TPSA) is 131 Å². The molecule has 2 aromatic carbocycles. The molecule has 0 unspecified atom stereocenters. The maximum Gasteiger partial charge on any atom is 0.237 e. The Morgan fingerprint density at radius 1 is 0.933 bits per heavy atom. The van der Waals surface area contributed by atoms with Gasteiger partial charge < -0.3 is 25.2 Å². The van der Waals surface area contributed by atoms with Crippen LogP contribution in [0.15, 0.2) is 48.8 Å². The summed E-state index contributed by atoms with van der Waals surface area (Å²) in [7, 11) is 3.12. The number of methoxy groups -OCH3 is 2. The number of aromatic nitrogens is 4. The van der Waals surface area contributed by atoms with Crippen LogP contribution in [-0.4, -0.2) is 63.9 Å². The molecular weight excluding hydrogens is 615 g/mol. The van der Waals surface area contributed by atoms with E-state index in [9.17, 15) is 9.90 Å². The Morgan fingerprint density at radius 2 is 1.49 bits per heavy atom. The van der Waals surface area contributed by atoms with Crippen LogP contribution in [0.1, 0.15) is 44.0 Å². The maximum absolute atomic E-state index is 11.5. The van der Waals surface area contributed by atoms with Crippen LogP contribution < -0.4 is 20.1 Å². The van der Waals surface area contributed by atoms with Gasteiger partial charge in [-0.3, -0.25) is 14.8 Å². The molecule has 2 aromatic heterocycles. The van der Waals surface area contributed by atoms with Gasteiger partial charge in [-0.05, 0) is 32.6 Å². The van der Waals surface area contributed by atoms with Crippen molar-refractivity contribution in [2.75, 3.05) is 20.8 Å². The predicted molar refractivity (Wildman–Crippen MR) is 175 cm³/mol. The summed E-state index contributed by atoms with van der Waals surface area (Å²) in [4.78, 5) is 30.1. The third-order valence-corrected chi connectivity index (χ3v) is 8.61. The van der Waals surface area contributed by atoms with E-state index in [1.807, 2.05) is 43.3 Å². The fourth-order valence-corrected chi connectivity index (χ4v) is 5.94. The number of ether oxygens (including phenoxy) is 2. The zero-order valence-corrected chi connectivity index (χ0v) is 27.0. The first kappa shape index (κ1) is 32.6. The highest BCUT2D eigenvalue weighted by Gasteiger charge is 2.22. The number of aryl methyl sites for hydroxylation is 1. The minimum Gasteiger partial charge on any atom is -0.480 e. The standard InChI is InChI=1S/C33H36Cl2N6O4/c1-19(18-42)36-17-28-33(45-3)41-27(16-38-28)24-11-6-9-22(31(24)35)21-8-5-10-23(30(21)34)26-15-37-25(32(40-26)44-2)12-4-7-20-13-14-29(43)39-20/h5-6,8-11,15-16,19-20,36,42H,4,7,12-14,17-18H2,1-3H3,(H,39,43)/t19-,20-/m1/s1. The first-order chi connectivity index (χ1) is 21.8. The summed E-state index contributed by atoms with van der Waals surface area (Å²) in [5.41, 5.74) is 5.32. The van der Waals surface area contributed by atoms with E-state index in [2.05, 4.69) is 25.6 Å². The Hall–Kier alpha value is -3.83. The van der Waals surface area contributed by atoms with E-state index in [0.717, 1.165) is 36.1 Å². The Kier molecular flexibility index (Phi) is 10.8. The molecular formula is C33H36Cl2N6O4. The van der Waals surface area contributed by atoms with Crippen molar-refractivity contribution in [2.24, 2.45) is 0 Å². The molecule has 0 radical (unpaired) electrons. The molecule has 0 spiro atoms. The SMILES string of the molecule is COc1nc(-c2cccc(-c3cccc(-c4cnc(CN[C@H](C)CO)c(OC)n4)c3Cl)c2Cl)cnc1CCC[C@@H]1CCC(=O)N1. The zero-order valence-electron chi connectivity index (χ0n) is 25.4. The Morgan fingerprint density at radius 3 is 2.02 bits per heavy atom. The lowest BCUT2D eigenvalue weighted by Gasteiger charge is -2.15. The molecule has 1 saturated heterocycles. The van der Waals surface area contributed by atoms with Gasteiger partial charge in [0.05, 0.1) is 54.7 Å². The average Bonchev–Trinajstić information content (AvgIpc) is 3.48. The summed E-state index contributed by atoms with van der Waals surface area (Å²) in [5.74, 6) is 0.935. The van der Waals surface area contributed by atoms with E-state index in [1.54, 1.807) is 19.5 Å². The van der Waals surface area contributed by atoms with Crippen LogP contribution in [0.5, 0.6) is 11.8 Å². The largest absolute Gasteiger partial charge is 0.480 e. The minimum atomic E-state index is -0.0918. The van der Waals surface area contributed by atoms with E-state index in [1.165, 1.54) is 7.11 Å². The number of hydrogen-bond acceptors (Lipinski definition) is 9. The number of aliphatic hydroxyl groups excluding tert-OH is 1. The van der Waals surface area contributed by atoms with Gasteiger partial charge in [-0.1, -0.05) is 59.6 Å². The van der Waals surface area contributed by atoms with Crippen LogP contribution in [0.3, 0.4) is 0 Å². The number of hydrogen-bond donors (Lipinski definition) is 3. The molecule has 1 fully saturated rings. The molecule has 12 heteroatoms. The van der Waals surface area contributed by atoms with Crippen molar-refractivity contribution in [1.82, 2.24) is 30.6 Å². The van der Waals surface area contributed by atoms with E-state index in [-0.39, 0.29) is 24.6 Å². The van der Waals surface area contributed by atoms with Crippen molar-refractivity contribution in [3.05, 3.63) is 70.2 Å². The molecule has 1 aliphatic rings. The van der Waals surface area contributed by atoms with Crippen LogP contribution >= 0.6 is 23.2 Å². The van der Waals surface area contributed by atoms with Gasteiger partial charge in [0, 0.05) is 47.3 Å². The summed E-state index contributed by atoms with van der Waals surface area (Å²) in [6.07, 6.45) is 7.26. The van der Waals surface area contributed by atoms with E-state index < -0.39 is 0 Å². The molecule has 45 heavy (non-hydrogen) atoms. The molecule has 236 valence electrons. The second kappa shape index (κ2) is 15.0. The van der Waals surface area contributed by atoms with Crippen molar-refractivity contribution in [3.63, 3.8) is 0 Å². The third-order valence-electron chi connectivity index (χ3n) is 7.79. The van der Waals surface area contributed by atoms with Gasteiger partial charge in [-0.15, -0.1) is 0 Å². The van der Waals surface area contributed by atoms with Gasteiger partial charge in [0.15, 0.2) is 0 Å². The molecule has 4 aromatic rings. The second-order valence-electron chi connectivity index (χ2n) is 10.9. The fraction of sp³-hybridized carbons (Fsp3) is 0.364. The van der Waals surface area contributed by atoms with E-state index in [0.29, 0.717) is 69.4 Å². The van der Waals surface area contributed by atoms with Crippen molar-refractivity contribution >= 4 is 29.1 Å². The van der Waals surface area contributed by atoms with E-state index in [4.69, 9.17) is 37.7 Å². The zero-order chi connectivity index (χ0) is 31.9. The normalized spacial score (nSPS) is 15.2. The highest BCUT2D eigenvalue weighted by Crippen LogP contribution is 2.42. The fourth-order valence-electron chi connectivity index (χ4n) is 5.29. The number of aliphatic hydroxyl groups is 1. The Bertz CT molecular complexity index is 1670. The average molecular weight is 652 g/mol. The van der Waals surface area contributed by atoms with Crippen LogP contribution in [0.2, 0.25) is 10.0 Å². The highest BCUT2D eigenvalue weighted by atomic mass is 35.5. The Labute approximate surface area is 272 Å². The molecule has 5 rings (SSSR count). The number of carbonyl (C=O) groups excluding carboxylic acids is 1. The van der Waals surface area contributed by atoms with Crippen LogP contribution in [0.4, 0.5) is 0 Å². The lowest BCUT2D eigenvalue weighted by molar-refractivity contribution is -0.119. The van der Waals surface area contributed by atoms with Gasteiger partial charge in [0.25, 0.3) is 0 Å². The van der Waals surface area contributed by atoms with Gasteiger partial charge in [0.2, 0.25) is 17.7 Å². The van der Waals surface area contributed by atoms with Gasteiger partial charge >= 0.3 is 0 Å². The summed E-state index contributed by atoms with van der Waals surface area (Å²) in [6.45, 7) is 2.28. The lowest BCUT2D eigenvalue weighted by Crippen LogP contribution is -2.29. The lowest BCUT2D eigenvalue weighted by atomic mass is 9.98. The van der Waals surface area contributed by atoms with Gasteiger partial charge in [-0.25, -0.2) is 9.97 Å². The van der Waals surface area contributed by atoms with Crippen LogP contribution in [0, 0.1) is 0 Å². The number of carbonyl (C=O) groups is 1. The first-order valence-electron chi connectivity index (χ1n) is 14.8. The van der Waals surface area contributed by atoms with E-state index >= 15 is 0 Å². The second-order valence-corrected chi connectivity index (χ2v) is 11.7. The molecule has 3 heterocycles. The molecule has 0 saturated carbocycles. The molecule has 10 nitrogen and oxygen atoms in total. The molecule has 1 aliphatic heterocycles. The summed E-state index contributed by atoms with van der Waals surface area (Å²) in [6, 6.07) is 11.5. The molecule has 3 N–H and O–H groups in total. The van der Waals surface area contributed by atoms with Crippen LogP contribution in [-0.2, 0) is 17.8 Å². The van der Waals surface area contributed by atoms with Gasteiger partial charge in [0.1, 0.15) is 11.4 Å². The third kappa shape index (κ3) is 7.53. The minimum absolute atomic E-state index is 0.00863. The number of nitrogens with zero attached hydrogens (tertiary/aromatic N) is 4. The Balaban J connectivity index is 1.40. The number of benzene rings is 2. The predicted octanol–water partition coefficient (Wildman–Crippen LogP) is 5.66. The number of rotatable bonds is 13. The van der Waals surface area contributed by atoms with Crippen molar-refractivity contribution in [2.45, 2.75) is 57.7 Å². The monoisotopic (exact) mass is 650 g/mol. The van der Waals surface area contributed by atoms with Crippen molar-refractivity contribution in [3.8, 4) is 45.4 Å². The molecule has 0 aliphatic carbocycles. The quantitative estimate of drug-likeness (QED) is 0.168. The van der Waals surface area contributed by atoms with Crippen LogP contribution in [0.25, 0.3) is 33.6 Å². The number of amides is 1. The van der Waals surface area contributed by atoms with Gasteiger partial charge in [-0.2, -0.15) is 0 Å². The molecule has 2 atom stereocenters. The number of nitrogens with one attached hydrogen (secondary N) is 2. The smallest absolute Gasteiger partial charge is 0.237 e. The molecule has 1 amide bonds. The number of halogens is 2. The highest BCUT2D eigenvalue weighted by molar-refractivity contribution is 6.39. The van der Waals surface area contributed by atoms with Crippen molar-refractivity contribution in [1.29, 1.82) is 0 Å².